The van der Waals surface area contributed by atoms with Gasteiger partial charge in [-0.05, 0) is 62.5 Å². The zero-order valence-corrected chi connectivity index (χ0v) is 15.8. The summed E-state index contributed by atoms with van der Waals surface area (Å²) < 4.78 is 10.5. The van der Waals surface area contributed by atoms with E-state index in [-0.39, 0.29) is 0 Å². The first-order valence-electron chi connectivity index (χ1n) is 9.09. The summed E-state index contributed by atoms with van der Waals surface area (Å²) in [4.78, 5) is 6.93. The number of guanidine groups is 1. The predicted octanol–water partition coefficient (Wildman–Crippen LogP) is 2.23. The Bertz CT molecular complexity index is 554. The zero-order chi connectivity index (χ0) is 18.1. The Morgan fingerprint density at radius 2 is 1.96 bits per heavy atom. The van der Waals surface area contributed by atoms with E-state index in [1.807, 2.05) is 18.2 Å². The molecule has 1 aromatic rings. The second kappa shape index (κ2) is 10.1. The molecule has 0 saturated carbocycles. The number of benzene rings is 1. The van der Waals surface area contributed by atoms with E-state index < -0.39 is 0 Å². The Hall–Kier alpha value is -1.95. The van der Waals surface area contributed by atoms with E-state index in [4.69, 9.17) is 15.2 Å². The molecule has 0 radical (unpaired) electrons. The van der Waals surface area contributed by atoms with Crippen molar-refractivity contribution >= 4 is 5.96 Å². The standard InChI is InChI=1S/C19H32N4O2/c1-15-7-11-23(12-8-15)10-4-9-21-19(20)22-14-16-5-6-17(24-2)18(13-16)25-3/h5-6,13,15H,4,7-12,14H2,1-3H3,(H3,20,21,22). The molecule has 0 aliphatic carbocycles. The van der Waals surface area contributed by atoms with E-state index >= 15 is 0 Å². The normalized spacial score (nSPS) is 16.7. The highest BCUT2D eigenvalue weighted by Crippen LogP contribution is 2.27. The van der Waals surface area contributed by atoms with Crippen molar-refractivity contribution in [3.05, 3.63) is 23.8 Å². The van der Waals surface area contributed by atoms with Gasteiger partial charge in [0.1, 0.15) is 0 Å². The molecule has 25 heavy (non-hydrogen) atoms. The maximum atomic E-state index is 5.95. The molecule has 0 amide bonds. The molecule has 1 saturated heterocycles. The molecule has 1 fully saturated rings. The fourth-order valence-corrected chi connectivity index (χ4v) is 3.02. The summed E-state index contributed by atoms with van der Waals surface area (Å²) in [5.74, 6) is 2.79. The Morgan fingerprint density at radius 3 is 2.64 bits per heavy atom. The third-order valence-corrected chi connectivity index (χ3v) is 4.71. The maximum Gasteiger partial charge on any atom is 0.188 e. The fourth-order valence-electron chi connectivity index (χ4n) is 3.02. The molecule has 0 bridgehead atoms. The molecule has 0 unspecified atom stereocenters. The maximum absolute atomic E-state index is 5.95. The summed E-state index contributed by atoms with van der Waals surface area (Å²) in [6.07, 6.45) is 3.73. The van der Waals surface area contributed by atoms with E-state index in [1.54, 1.807) is 14.2 Å². The highest BCUT2D eigenvalue weighted by molar-refractivity contribution is 5.77. The van der Waals surface area contributed by atoms with Gasteiger partial charge in [-0.25, -0.2) is 4.99 Å². The minimum absolute atomic E-state index is 0.488. The van der Waals surface area contributed by atoms with Gasteiger partial charge in [0, 0.05) is 6.54 Å². The van der Waals surface area contributed by atoms with Crippen molar-refractivity contribution in [2.45, 2.75) is 32.7 Å². The van der Waals surface area contributed by atoms with Gasteiger partial charge >= 0.3 is 0 Å². The molecule has 1 aliphatic rings. The lowest BCUT2D eigenvalue weighted by Crippen LogP contribution is -2.37. The number of nitrogens with one attached hydrogen (secondary N) is 1. The number of ether oxygens (including phenoxy) is 2. The number of nitrogens with zero attached hydrogens (tertiary/aromatic N) is 2. The average Bonchev–Trinajstić information content (AvgIpc) is 2.64. The number of rotatable bonds is 8. The zero-order valence-electron chi connectivity index (χ0n) is 15.8. The van der Waals surface area contributed by atoms with Crippen LogP contribution in [0.2, 0.25) is 0 Å². The second-order valence-electron chi connectivity index (χ2n) is 6.70. The summed E-state index contributed by atoms with van der Waals surface area (Å²) >= 11 is 0. The Labute approximate surface area is 151 Å². The molecule has 1 aliphatic heterocycles. The smallest absolute Gasteiger partial charge is 0.188 e. The van der Waals surface area contributed by atoms with Crippen LogP contribution in [0.4, 0.5) is 0 Å². The molecule has 6 heteroatoms. The van der Waals surface area contributed by atoms with Crippen LogP contribution in [0.1, 0.15) is 31.7 Å². The Morgan fingerprint density at radius 1 is 1.24 bits per heavy atom. The first kappa shape index (κ1) is 19.4. The third-order valence-electron chi connectivity index (χ3n) is 4.71. The quantitative estimate of drug-likeness (QED) is 0.428. The highest BCUT2D eigenvalue weighted by atomic mass is 16.5. The number of piperidine rings is 1. The minimum atomic E-state index is 0.488. The van der Waals surface area contributed by atoms with Gasteiger partial charge in [-0.2, -0.15) is 0 Å². The van der Waals surface area contributed by atoms with Crippen LogP contribution in [-0.2, 0) is 6.54 Å². The number of hydrogen-bond acceptors (Lipinski definition) is 4. The average molecular weight is 348 g/mol. The predicted molar refractivity (Wildman–Crippen MR) is 102 cm³/mol. The van der Waals surface area contributed by atoms with Crippen LogP contribution in [0, 0.1) is 5.92 Å². The van der Waals surface area contributed by atoms with Crippen molar-refractivity contribution in [3.63, 3.8) is 0 Å². The third kappa shape index (κ3) is 6.46. The lowest BCUT2D eigenvalue weighted by Gasteiger charge is -2.30. The number of methoxy groups -OCH3 is 2. The van der Waals surface area contributed by atoms with Gasteiger partial charge in [0.25, 0.3) is 0 Å². The molecule has 3 N–H and O–H groups in total. The molecule has 0 aromatic heterocycles. The topological polar surface area (TPSA) is 72.1 Å². The second-order valence-corrected chi connectivity index (χ2v) is 6.70. The van der Waals surface area contributed by atoms with Crippen LogP contribution in [0.5, 0.6) is 11.5 Å². The Kier molecular flexibility index (Phi) is 7.85. The molecular formula is C19H32N4O2. The van der Waals surface area contributed by atoms with Crippen molar-refractivity contribution in [1.29, 1.82) is 0 Å². The van der Waals surface area contributed by atoms with E-state index in [0.29, 0.717) is 24.0 Å². The van der Waals surface area contributed by atoms with Crippen LogP contribution < -0.4 is 20.5 Å². The summed E-state index contributed by atoms with van der Waals surface area (Å²) in [5.41, 5.74) is 6.99. The van der Waals surface area contributed by atoms with Gasteiger partial charge in [-0.3, -0.25) is 0 Å². The molecule has 0 atom stereocenters. The molecule has 6 nitrogen and oxygen atoms in total. The van der Waals surface area contributed by atoms with Gasteiger partial charge in [0.05, 0.1) is 20.8 Å². The lowest BCUT2D eigenvalue weighted by molar-refractivity contribution is 0.191. The van der Waals surface area contributed by atoms with Crippen molar-refractivity contribution < 1.29 is 9.47 Å². The monoisotopic (exact) mass is 348 g/mol. The number of hydrogen-bond donors (Lipinski definition) is 2. The van der Waals surface area contributed by atoms with Gasteiger partial charge in [0.15, 0.2) is 17.5 Å². The fraction of sp³-hybridized carbons (Fsp3) is 0.632. The number of aliphatic imine (C=N–C) groups is 1. The summed E-state index contributed by atoms with van der Waals surface area (Å²) in [7, 11) is 3.26. The van der Waals surface area contributed by atoms with Crippen LogP contribution in [0.15, 0.2) is 23.2 Å². The molecule has 1 heterocycles. The molecule has 140 valence electrons. The first-order valence-corrected chi connectivity index (χ1v) is 9.09. The van der Waals surface area contributed by atoms with E-state index in [9.17, 15) is 0 Å². The number of likely N-dealkylation sites (tertiary alicyclic amines) is 1. The first-order chi connectivity index (χ1) is 12.1. The van der Waals surface area contributed by atoms with Gasteiger partial charge in [-0.15, -0.1) is 0 Å². The van der Waals surface area contributed by atoms with Gasteiger partial charge in [-0.1, -0.05) is 13.0 Å². The van der Waals surface area contributed by atoms with E-state index in [0.717, 1.165) is 31.0 Å². The molecule has 2 rings (SSSR count). The molecule has 1 aromatic carbocycles. The Balaban J connectivity index is 1.69. The van der Waals surface area contributed by atoms with Gasteiger partial charge in [0.2, 0.25) is 0 Å². The highest BCUT2D eigenvalue weighted by Gasteiger charge is 2.14. The summed E-state index contributed by atoms with van der Waals surface area (Å²) in [5, 5.41) is 3.20. The summed E-state index contributed by atoms with van der Waals surface area (Å²) in [6, 6.07) is 5.77. The van der Waals surface area contributed by atoms with Crippen LogP contribution in [0.3, 0.4) is 0 Å². The SMILES string of the molecule is COc1ccc(CN=C(N)NCCCN2CCC(C)CC2)cc1OC. The number of nitrogens with two attached hydrogens (primary N) is 1. The van der Waals surface area contributed by atoms with E-state index in [2.05, 4.69) is 22.1 Å². The largest absolute Gasteiger partial charge is 0.493 e. The van der Waals surface area contributed by atoms with Crippen LogP contribution in [-0.4, -0.2) is 51.3 Å². The minimum Gasteiger partial charge on any atom is -0.493 e. The van der Waals surface area contributed by atoms with Crippen LogP contribution >= 0.6 is 0 Å². The molecular weight excluding hydrogens is 316 g/mol. The van der Waals surface area contributed by atoms with Crippen molar-refractivity contribution in [2.24, 2.45) is 16.6 Å². The van der Waals surface area contributed by atoms with Crippen molar-refractivity contribution in [1.82, 2.24) is 10.2 Å². The lowest BCUT2D eigenvalue weighted by atomic mass is 9.99. The van der Waals surface area contributed by atoms with Gasteiger partial charge < -0.3 is 25.4 Å². The van der Waals surface area contributed by atoms with Crippen LogP contribution in [0.25, 0.3) is 0 Å². The van der Waals surface area contributed by atoms with Crippen molar-refractivity contribution in [3.8, 4) is 11.5 Å². The van der Waals surface area contributed by atoms with E-state index in [1.165, 1.54) is 25.9 Å². The summed E-state index contributed by atoms with van der Waals surface area (Å²) in [6.45, 7) is 7.29. The molecule has 0 spiro atoms. The van der Waals surface area contributed by atoms with Crippen molar-refractivity contribution in [2.75, 3.05) is 40.4 Å².